The summed E-state index contributed by atoms with van der Waals surface area (Å²) in [5.74, 6) is -0.0466. The number of rotatable bonds is 2. The zero-order valence-corrected chi connectivity index (χ0v) is 8.54. The monoisotopic (exact) mass is 225 g/mol. The van der Waals surface area contributed by atoms with Crippen molar-refractivity contribution in [3.63, 3.8) is 0 Å². The fourth-order valence-corrected chi connectivity index (χ4v) is 1.44. The Morgan fingerprint density at radius 3 is 2.93 bits per heavy atom. The third kappa shape index (κ3) is 2.10. The fourth-order valence-electron chi connectivity index (χ4n) is 0.900. The van der Waals surface area contributed by atoms with E-state index >= 15 is 0 Å². The summed E-state index contributed by atoms with van der Waals surface area (Å²) in [6, 6.07) is 0.0454. The summed E-state index contributed by atoms with van der Waals surface area (Å²) >= 11 is 1.19. The van der Waals surface area contributed by atoms with E-state index in [1.807, 2.05) is 0 Å². The molecule has 3 N–H and O–H groups in total. The van der Waals surface area contributed by atoms with Crippen LogP contribution in [0.25, 0.3) is 0 Å². The first-order valence-electron chi connectivity index (χ1n) is 3.97. The first-order chi connectivity index (χ1) is 7.15. The lowest BCUT2D eigenvalue weighted by molar-refractivity contribution is 0.102. The SMILES string of the molecule is Cc1nnc(NC(=O)c2csc(N)n2)o1. The van der Waals surface area contributed by atoms with Crippen LogP contribution in [0.5, 0.6) is 0 Å². The Morgan fingerprint density at radius 2 is 2.40 bits per heavy atom. The van der Waals surface area contributed by atoms with Gasteiger partial charge in [-0.1, -0.05) is 5.10 Å². The van der Waals surface area contributed by atoms with Gasteiger partial charge >= 0.3 is 6.01 Å². The molecule has 15 heavy (non-hydrogen) atoms. The maximum atomic E-state index is 11.5. The van der Waals surface area contributed by atoms with E-state index in [2.05, 4.69) is 20.5 Å². The van der Waals surface area contributed by atoms with Crippen molar-refractivity contribution in [3.05, 3.63) is 17.0 Å². The van der Waals surface area contributed by atoms with Gasteiger partial charge in [-0.3, -0.25) is 10.1 Å². The van der Waals surface area contributed by atoms with Gasteiger partial charge in [-0.2, -0.15) is 0 Å². The van der Waals surface area contributed by atoms with Crippen molar-refractivity contribution in [2.24, 2.45) is 0 Å². The van der Waals surface area contributed by atoms with Gasteiger partial charge < -0.3 is 10.2 Å². The van der Waals surface area contributed by atoms with Crippen LogP contribution < -0.4 is 11.1 Å². The van der Waals surface area contributed by atoms with Crippen molar-refractivity contribution >= 4 is 28.4 Å². The van der Waals surface area contributed by atoms with Crippen LogP contribution in [0.1, 0.15) is 16.4 Å². The highest BCUT2D eigenvalue weighted by molar-refractivity contribution is 7.13. The molecule has 2 aromatic rings. The van der Waals surface area contributed by atoms with Gasteiger partial charge in [0.05, 0.1) is 0 Å². The number of anilines is 2. The van der Waals surface area contributed by atoms with Gasteiger partial charge in [0.15, 0.2) is 5.13 Å². The Morgan fingerprint density at radius 1 is 1.60 bits per heavy atom. The van der Waals surface area contributed by atoms with Crippen LogP contribution in [0.2, 0.25) is 0 Å². The number of carbonyl (C=O) groups excluding carboxylic acids is 1. The zero-order chi connectivity index (χ0) is 10.8. The Balaban J connectivity index is 2.10. The summed E-state index contributed by atoms with van der Waals surface area (Å²) in [6.07, 6.45) is 0. The lowest BCUT2D eigenvalue weighted by atomic mass is 10.5. The predicted molar refractivity (Wildman–Crippen MR) is 53.5 cm³/mol. The largest absolute Gasteiger partial charge is 0.408 e. The highest BCUT2D eigenvalue weighted by Crippen LogP contribution is 2.12. The molecule has 2 rings (SSSR count). The minimum Gasteiger partial charge on any atom is -0.408 e. The van der Waals surface area contributed by atoms with Gasteiger partial charge in [0.25, 0.3) is 5.91 Å². The van der Waals surface area contributed by atoms with E-state index in [0.29, 0.717) is 11.0 Å². The van der Waals surface area contributed by atoms with Gasteiger partial charge in [0, 0.05) is 12.3 Å². The molecule has 8 heteroatoms. The van der Waals surface area contributed by atoms with E-state index in [1.54, 1.807) is 12.3 Å². The van der Waals surface area contributed by atoms with Crippen LogP contribution in [-0.4, -0.2) is 21.1 Å². The molecular weight excluding hydrogens is 218 g/mol. The third-order valence-corrected chi connectivity index (χ3v) is 2.17. The van der Waals surface area contributed by atoms with Crippen LogP contribution in [0.4, 0.5) is 11.1 Å². The molecule has 0 aromatic carbocycles. The minimum absolute atomic E-state index is 0.0454. The quantitative estimate of drug-likeness (QED) is 0.777. The normalized spacial score (nSPS) is 10.2. The topological polar surface area (TPSA) is 107 Å². The molecule has 0 radical (unpaired) electrons. The Hall–Kier alpha value is -1.96. The van der Waals surface area contributed by atoms with E-state index in [9.17, 15) is 4.79 Å². The molecule has 1 amide bonds. The number of aromatic nitrogens is 3. The molecule has 2 aromatic heterocycles. The van der Waals surface area contributed by atoms with Gasteiger partial charge in [-0.25, -0.2) is 4.98 Å². The van der Waals surface area contributed by atoms with Crippen LogP contribution in [0.15, 0.2) is 9.80 Å². The molecule has 0 fully saturated rings. The van der Waals surface area contributed by atoms with Crippen LogP contribution >= 0.6 is 11.3 Å². The predicted octanol–water partition coefficient (Wildman–Crippen LogP) is 0.669. The summed E-state index contributed by atoms with van der Waals surface area (Å²) in [4.78, 5) is 15.3. The molecule has 78 valence electrons. The molecule has 0 aliphatic rings. The highest BCUT2D eigenvalue weighted by atomic mass is 32.1. The second-order valence-electron chi connectivity index (χ2n) is 2.65. The summed E-state index contributed by atoms with van der Waals surface area (Å²) in [7, 11) is 0. The van der Waals surface area contributed by atoms with Gasteiger partial charge in [0.2, 0.25) is 5.89 Å². The lowest BCUT2D eigenvalue weighted by Gasteiger charge is -1.94. The minimum atomic E-state index is -0.424. The van der Waals surface area contributed by atoms with Crippen LogP contribution in [0, 0.1) is 6.92 Å². The number of nitrogen functional groups attached to an aromatic ring is 1. The number of nitrogens with zero attached hydrogens (tertiary/aromatic N) is 3. The number of hydrogen-bond donors (Lipinski definition) is 2. The third-order valence-electron chi connectivity index (χ3n) is 1.50. The molecule has 0 aliphatic heterocycles. The van der Waals surface area contributed by atoms with Crippen LogP contribution in [-0.2, 0) is 0 Å². The fraction of sp³-hybridized carbons (Fsp3) is 0.143. The van der Waals surface area contributed by atoms with E-state index in [1.165, 1.54) is 11.3 Å². The van der Waals surface area contributed by atoms with Crippen molar-refractivity contribution in [3.8, 4) is 0 Å². The highest BCUT2D eigenvalue weighted by Gasteiger charge is 2.12. The molecule has 7 nitrogen and oxygen atoms in total. The number of carbonyl (C=O) groups is 1. The second kappa shape index (κ2) is 3.65. The van der Waals surface area contributed by atoms with E-state index in [4.69, 9.17) is 10.2 Å². The van der Waals surface area contributed by atoms with Crippen molar-refractivity contribution < 1.29 is 9.21 Å². The van der Waals surface area contributed by atoms with Gasteiger partial charge in [0.1, 0.15) is 5.69 Å². The molecule has 2 heterocycles. The van der Waals surface area contributed by atoms with Crippen LogP contribution in [0.3, 0.4) is 0 Å². The number of amides is 1. The summed E-state index contributed by atoms with van der Waals surface area (Å²) < 4.78 is 4.97. The smallest absolute Gasteiger partial charge is 0.322 e. The van der Waals surface area contributed by atoms with Gasteiger partial charge in [-0.15, -0.1) is 16.4 Å². The summed E-state index contributed by atoms with van der Waals surface area (Å²) in [5, 5.41) is 11.5. The molecule has 0 aliphatic carbocycles. The Kier molecular flexibility index (Phi) is 2.34. The molecule has 0 spiro atoms. The summed E-state index contributed by atoms with van der Waals surface area (Å²) in [5.41, 5.74) is 5.62. The average Bonchev–Trinajstić information content (AvgIpc) is 2.75. The van der Waals surface area contributed by atoms with Gasteiger partial charge in [-0.05, 0) is 0 Å². The zero-order valence-electron chi connectivity index (χ0n) is 7.72. The van der Waals surface area contributed by atoms with Crippen molar-refractivity contribution in [2.45, 2.75) is 6.92 Å². The average molecular weight is 225 g/mol. The number of hydrogen-bond acceptors (Lipinski definition) is 7. The lowest BCUT2D eigenvalue weighted by Crippen LogP contribution is -2.12. The second-order valence-corrected chi connectivity index (χ2v) is 3.54. The van der Waals surface area contributed by atoms with E-state index < -0.39 is 5.91 Å². The number of aryl methyl sites for hydroxylation is 1. The number of nitrogens with one attached hydrogen (secondary N) is 1. The molecule has 0 saturated carbocycles. The molecule has 0 unspecified atom stereocenters. The summed E-state index contributed by atoms with van der Waals surface area (Å²) in [6.45, 7) is 1.63. The first-order valence-corrected chi connectivity index (χ1v) is 4.85. The standard InChI is InChI=1S/C7H7N5O2S/c1-3-11-12-7(14-3)10-5(13)4-2-15-6(8)9-4/h2H,1H3,(H2,8,9)(H,10,12,13). The number of thiazole rings is 1. The Bertz CT molecular complexity index is 491. The van der Waals surface area contributed by atoms with Crippen molar-refractivity contribution in [1.82, 2.24) is 15.2 Å². The molecule has 0 saturated heterocycles. The molecule has 0 bridgehead atoms. The Labute approximate surface area is 88.3 Å². The maximum Gasteiger partial charge on any atom is 0.322 e. The van der Waals surface area contributed by atoms with E-state index in [-0.39, 0.29) is 11.7 Å². The van der Waals surface area contributed by atoms with E-state index in [0.717, 1.165) is 0 Å². The first kappa shape index (κ1) is 9.59. The maximum absolute atomic E-state index is 11.5. The number of nitrogens with two attached hydrogens (primary N) is 1. The van der Waals surface area contributed by atoms with Crippen molar-refractivity contribution in [1.29, 1.82) is 0 Å². The molecule has 0 atom stereocenters. The van der Waals surface area contributed by atoms with Crippen molar-refractivity contribution in [2.75, 3.05) is 11.1 Å². The molecular formula is C7H7N5O2S.